The first-order valence-corrected chi connectivity index (χ1v) is 7.88. The van der Waals surface area contributed by atoms with Crippen molar-refractivity contribution in [3.8, 4) is 11.1 Å². The summed E-state index contributed by atoms with van der Waals surface area (Å²) in [5.74, 6) is -3.96. The van der Waals surface area contributed by atoms with E-state index in [4.69, 9.17) is 9.47 Å². The van der Waals surface area contributed by atoms with Crippen molar-refractivity contribution in [1.82, 2.24) is 0 Å². The van der Waals surface area contributed by atoms with Crippen LogP contribution in [0.25, 0.3) is 17.2 Å². The molecule has 0 aromatic heterocycles. The minimum atomic E-state index is -1.32. The van der Waals surface area contributed by atoms with Gasteiger partial charge in [-0.1, -0.05) is 42.5 Å². The van der Waals surface area contributed by atoms with E-state index in [0.29, 0.717) is 16.7 Å². The third-order valence-corrected chi connectivity index (χ3v) is 3.83. The van der Waals surface area contributed by atoms with Gasteiger partial charge in [-0.2, -0.15) is 0 Å². The average molecular weight is 352 g/mol. The highest BCUT2D eigenvalue weighted by molar-refractivity contribution is 6.19. The Bertz CT molecular complexity index is 917. The highest BCUT2D eigenvalue weighted by atomic mass is 16.7. The Morgan fingerprint density at radius 3 is 2.08 bits per heavy atom. The summed E-state index contributed by atoms with van der Waals surface area (Å²) in [7, 11) is 0. The van der Waals surface area contributed by atoms with Gasteiger partial charge in [0.2, 0.25) is 0 Å². The van der Waals surface area contributed by atoms with Gasteiger partial charge < -0.3 is 14.6 Å². The van der Waals surface area contributed by atoms with Gasteiger partial charge in [0.1, 0.15) is 5.57 Å². The number of hydrogen-bond acceptors (Lipinski definition) is 5. The minimum Gasteiger partial charge on any atom is -0.478 e. The molecule has 1 fully saturated rings. The lowest BCUT2D eigenvalue weighted by atomic mass is 9.94. The van der Waals surface area contributed by atoms with Crippen molar-refractivity contribution < 1.29 is 29.0 Å². The third-order valence-electron chi connectivity index (χ3n) is 3.83. The molecule has 0 bridgehead atoms. The van der Waals surface area contributed by atoms with Crippen LogP contribution in [-0.2, 0) is 19.1 Å². The van der Waals surface area contributed by atoms with E-state index >= 15 is 0 Å². The van der Waals surface area contributed by atoms with Gasteiger partial charge >= 0.3 is 17.9 Å². The van der Waals surface area contributed by atoms with Crippen molar-refractivity contribution in [2.45, 2.75) is 19.6 Å². The van der Waals surface area contributed by atoms with E-state index in [1.165, 1.54) is 26.0 Å². The molecule has 0 saturated carbocycles. The fourth-order valence-electron chi connectivity index (χ4n) is 2.71. The highest BCUT2D eigenvalue weighted by Crippen LogP contribution is 2.30. The number of carboxylic acids is 1. The monoisotopic (exact) mass is 352 g/mol. The molecular weight excluding hydrogens is 336 g/mol. The Morgan fingerprint density at radius 1 is 0.923 bits per heavy atom. The van der Waals surface area contributed by atoms with Crippen molar-refractivity contribution >= 4 is 24.0 Å². The van der Waals surface area contributed by atoms with Gasteiger partial charge in [-0.05, 0) is 28.8 Å². The fraction of sp³-hybridized carbons (Fsp3) is 0.150. The first-order chi connectivity index (χ1) is 12.3. The first kappa shape index (κ1) is 17.4. The smallest absolute Gasteiger partial charge is 0.348 e. The Kier molecular flexibility index (Phi) is 4.34. The Balaban J connectivity index is 2.11. The summed E-state index contributed by atoms with van der Waals surface area (Å²) in [6.45, 7) is 2.94. The molecule has 3 rings (SSSR count). The number of benzene rings is 2. The van der Waals surface area contributed by atoms with Crippen LogP contribution in [0.3, 0.4) is 0 Å². The molecule has 0 radical (unpaired) electrons. The van der Waals surface area contributed by atoms with E-state index < -0.39 is 23.7 Å². The first-order valence-electron chi connectivity index (χ1n) is 7.88. The molecule has 1 aliphatic rings. The van der Waals surface area contributed by atoms with E-state index in [-0.39, 0.29) is 11.1 Å². The van der Waals surface area contributed by atoms with Crippen LogP contribution in [0.4, 0.5) is 0 Å². The zero-order chi connectivity index (χ0) is 18.9. The SMILES string of the molecule is CC1(C)OC(=O)C(=Cc2ccccc2-c2ccccc2C(=O)O)C(=O)O1. The summed E-state index contributed by atoms with van der Waals surface area (Å²) in [6, 6.07) is 13.4. The number of ether oxygens (including phenoxy) is 2. The molecule has 0 unspecified atom stereocenters. The predicted molar refractivity (Wildman–Crippen MR) is 93.1 cm³/mol. The van der Waals surface area contributed by atoms with E-state index in [1.807, 2.05) is 0 Å². The zero-order valence-corrected chi connectivity index (χ0v) is 14.2. The average Bonchev–Trinajstić information content (AvgIpc) is 2.57. The molecular formula is C20H16O6. The lowest BCUT2D eigenvalue weighted by Gasteiger charge is -2.29. The maximum absolute atomic E-state index is 12.2. The topological polar surface area (TPSA) is 89.9 Å². The molecule has 6 heteroatoms. The minimum absolute atomic E-state index is 0.119. The summed E-state index contributed by atoms with van der Waals surface area (Å²) in [4.78, 5) is 35.8. The van der Waals surface area contributed by atoms with E-state index in [0.717, 1.165) is 0 Å². The molecule has 1 heterocycles. The van der Waals surface area contributed by atoms with E-state index in [2.05, 4.69) is 0 Å². The normalized spacial score (nSPS) is 15.8. The third kappa shape index (κ3) is 3.35. The van der Waals surface area contributed by atoms with Crippen molar-refractivity contribution in [1.29, 1.82) is 0 Å². The van der Waals surface area contributed by atoms with Gasteiger partial charge in [-0.3, -0.25) is 0 Å². The van der Waals surface area contributed by atoms with Gasteiger partial charge in [0.25, 0.3) is 5.79 Å². The molecule has 26 heavy (non-hydrogen) atoms. The van der Waals surface area contributed by atoms with Crippen LogP contribution < -0.4 is 0 Å². The zero-order valence-electron chi connectivity index (χ0n) is 14.2. The summed E-state index contributed by atoms with van der Waals surface area (Å²) in [5, 5.41) is 9.42. The van der Waals surface area contributed by atoms with Crippen LogP contribution in [0.15, 0.2) is 54.1 Å². The van der Waals surface area contributed by atoms with Crippen LogP contribution in [0, 0.1) is 0 Å². The van der Waals surface area contributed by atoms with Crippen LogP contribution in [0.2, 0.25) is 0 Å². The number of carbonyl (C=O) groups excluding carboxylic acids is 2. The fourth-order valence-corrected chi connectivity index (χ4v) is 2.71. The molecule has 1 aliphatic heterocycles. The second kappa shape index (κ2) is 6.48. The highest BCUT2D eigenvalue weighted by Gasteiger charge is 2.39. The number of carboxylic acid groups (broad SMARTS) is 1. The molecule has 0 aliphatic carbocycles. The molecule has 1 N–H and O–H groups in total. The number of aromatic carboxylic acids is 1. The second-order valence-electron chi connectivity index (χ2n) is 6.17. The number of rotatable bonds is 3. The maximum atomic E-state index is 12.2. The van der Waals surface area contributed by atoms with Gasteiger partial charge in [0.05, 0.1) is 5.56 Å². The lowest BCUT2D eigenvalue weighted by molar-refractivity contribution is -0.222. The molecule has 1 saturated heterocycles. The van der Waals surface area contributed by atoms with Gasteiger partial charge in [0, 0.05) is 13.8 Å². The van der Waals surface area contributed by atoms with Crippen LogP contribution >= 0.6 is 0 Å². The largest absolute Gasteiger partial charge is 0.478 e. The molecule has 6 nitrogen and oxygen atoms in total. The number of carbonyl (C=O) groups is 3. The molecule has 0 amide bonds. The molecule has 2 aromatic carbocycles. The van der Waals surface area contributed by atoms with E-state index in [9.17, 15) is 19.5 Å². The molecule has 2 aromatic rings. The van der Waals surface area contributed by atoms with Crippen molar-refractivity contribution in [3.05, 3.63) is 65.2 Å². The van der Waals surface area contributed by atoms with Crippen molar-refractivity contribution in [2.24, 2.45) is 0 Å². The second-order valence-corrected chi connectivity index (χ2v) is 6.17. The lowest BCUT2D eigenvalue weighted by Crippen LogP contribution is -2.41. The summed E-state index contributed by atoms with van der Waals surface area (Å²) < 4.78 is 10.2. The molecule has 0 atom stereocenters. The Labute approximate surface area is 149 Å². The standard InChI is InChI=1S/C20H16O6/c1-20(2)25-18(23)16(19(24)26-20)11-12-7-3-4-8-13(12)14-9-5-6-10-15(14)17(21)22/h3-11H,1-2H3,(H,21,22). The predicted octanol–water partition coefficient (Wildman–Crippen LogP) is 3.27. The number of cyclic esters (lactones) is 2. The van der Waals surface area contributed by atoms with Crippen LogP contribution in [0.5, 0.6) is 0 Å². The van der Waals surface area contributed by atoms with Crippen molar-refractivity contribution in [2.75, 3.05) is 0 Å². The molecule has 0 spiro atoms. The van der Waals surface area contributed by atoms with Crippen molar-refractivity contribution in [3.63, 3.8) is 0 Å². The quantitative estimate of drug-likeness (QED) is 0.518. The van der Waals surface area contributed by atoms with E-state index in [1.54, 1.807) is 42.5 Å². The Hall–Kier alpha value is -3.41. The summed E-state index contributed by atoms with van der Waals surface area (Å²) in [5.41, 5.74) is 1.43. The van der Waals surface area contributed by atoms with Gasteiger partial charge in [-0.25, -0.2) is 14.4 Å². The summed E-state index contributed by atoms with van der Waals surface area (Å²) in [6.07, 6.45) is 1.36. The van der Waals surface area contributed by atoms with Gasteiger partial charge in [0.15, 0.2) is 0 Å². The van der Waals surface area contributed by atoms with Crippen LogP contribution in [0.1, 0.15) is 29.8 Å². The summed E-state index contributed by atoms with van der Waals surface area (Å²) >= 11 is 0. The van der Waals surface area contributed by atoms with Gasteiger partial charge in [-0.15, -0.1) is 0 Å². The van der Waals surface area contributed by atoms with Crippen LogP contribution in [-0.4, -0.2) is 28.8 Å². The maximum Gasteiger partial charge on any atom is 0.348 e. The number of hydrogen-bond donors (Lipinski definition) is 1. The molecule has 132 valence electrons. The number of esters is 2. The Morgan fingerprint density at radius 2 is 1.46 bits per heavy atom.